The third-order valence-electron chi connectivity index (χ3n) is 3.06. The molecule has 5 heteroatoms. The lowest BCUT2D eigenvalue weighted by atomic mass is 9.91. The van der Waals surface area contributed by atoms with E-state index >= 15 is 0 Å². The number of methoxy groups -OCH3 is 1. The number of benzene rings is 1. The number of aromatic nitrogens is 1. The number of hydrogen-bond donors (Lipinski definition) is 0. The van der Waals surface area contributed by atoms with Gasteiger partial charge in [0.15, 0.2) is 0 Å². The molecule has 0 aliphatic rings. The number of hydrogen-bond acceptors (Lipinski definition) is 4. The fraction of sp³-hybridized carbons (Fsp3) is 0.375. The van der Waals surface area contributed by atoms with Crippen LogP contribution >= 0.6 is 15.9 Å². The summed E-state index contributed by atoms with van der Waals surface area (Å²) in [6.45, 7) is 7.93. The van der Waals surface area contributed by atoms with E-state index in [0.717, 1.165) is 15.6 Å². The minimum Gasteiger partial charge on any atom is -0.463 e. The van der Waals surface area contributed by atoms with Crippen molar-refractivity contribution in [3.8, 4) is 11.5 Å². The molecule has 1 heterocycles. The van der Waals surface area contributed by atoms with Crippen LogP contribution in [0.4, 0.5) is 0 Å². The normalized spacial score (nSPS) is 11.5. The van der Waals surface area contributed by atoms with Gasteiger partial charge in [0.05, 0.1) is 12.7 Å². The van der Waals surface area contributed by atoms with Gasteiger partial charge in [0.25, 0.3) is 0 Å². The molecule has 1 aromatic carbocycles. The largest absolute Gasteiger partial charge is 0.463 e. The molecule has 1 aromatic heterocycles. The predicted molar refractivity (Wildman–Crippen MR) is 84.4 cm³/mol. The summed E-state index contributed by atoms with van der Waals surface area (Å²) < 4.78 is 11.4. The Bertz CT molecular complexity index is 683. The maximum Gasteiger partial charge on any atom is 0.376 e. The molecule has 0 aliphatic heterocycles. The Morgan fingerprint density at radius 1 is 1.33 bits per heavy atom. The van der Waals surface area contributed by atoms with E-state index in [2.05, 4.69) is 20.9 Å². The van der Waals surface area contributed by atoms with Gasteiger partial charge in [0, 0.05) is 9.89 Å². The van der Waals surface area contributed by atoms with E-state index in [-0.39, 0.29) is 11.2 Å². The number of carbonyl (C=O) groups is 1. The van der Waals surface area contributed by atoms with Crippen LogP contribution < -0.4 is 0 Å². The molecule has 0 radical (unpaired) electrons. The number of oxazole rings is 1. The molecular weight excluding hydrogens is 334 g/mol. The average Bonchev–Trinajstić information content (AvgIpc) is 2.85. The number of ether oxygens (including phenoxy) is 1. The van der Waals surface area contributed by atoms with Crippen LogP contribution in [0.1, 0.15) is 42.6 Å². The average molecular weight is 352 g/mol. The lowest BCUT2D eigenvalue weighted by Gasteiger charge is -2.15. The molecule has 21 heavy (non-hydrogen) atoms. The molecule has 0 aliphatic carbocycles. The number of rotatable bonds is 2. The molecule has 0 bridgehead atoms. The van der Waals surface area contributed by atoms with Crippen LogP contribution in [0.3, 0.4) is 0 Å². The molecule has 4 nitrogen and oxygen atoms in total. The molecule has 0 unspecified atom stereocenters. The molecule has 0 saturated heterocycles. The van der Waals surface area contributed by atoms with Crippen LogP contribution in [0, 0.1) is 6.92 Å². The van der Waals surface area contributed by atoms with Crippen LogP contribution in [0.15, 0.2) is 27.1 Å². The van der Waals surface area contributed by atoms with E-state index < -0.39 is 5.97 Å². The number of halogens is 1. The predicted octanol–water partition coefficient (Wildman–Crippen LogP) is 4.50. The molecule has 0 N–H and O–H groups in total. The van der Waals surface area contributed by atoms with Crippen LogP contribution in [0.5, 0.6) is 0 Å². The van der Waals surface area contributed by atoms with Gasteiger partial charge < -0.3 is 9.15 Å². The second-order valence-corrected chi connectivity index (χ2v) is 6.78. The maximum atomic E-state index is 11.9. The van der Waals surface area contributed by atoms with Gasteiger partial charge in [0.2, 0.25) is 11.7 Å². The highest BCUT2D eigenvalue weighted by molar-refractivity contribution is 9.10. The van der Waals surface area contributed by atoms with Crippen molar-refractivity contribution in [2.24, 2.45) is 0 Å². The van der Waals surface area contributed by atoms with E-state index in [9.17, 15) is 4.79 Å². The lowest BCUT2D eigenvalue weighted by molar-refractivity contribution is 0.0562. The minimum absolute atomic E-state index is 0.161. The summed E-state index contributed by atoms with van der Waals surface area (Å²) >= 11 is 3.49. The molecule has 0 saturated carbocycles. The first-order chi connectivity index (χ1) is 9.74. The van der Waals surface area contributed by atoms with Gasteiger partial charge in [-0.05, 0) is 35.0 Å². The summed E-state index contributed by atoms with van der Waals surface area (Å²) in [7, 11) is 1.33. The van der Waals surface area contributed by atoms with E-state index in [1.165, 1.54) is 7.11 Å². The summed E-state index contributed by atoms with van der Waals surface area (Å²) in [6.07, 6.45) is 0. The molecule has 0 atom stereocenters. The second-order valence-electron chi connectivity index (χ2n) is 5.92. The van der Waals surface area contributed by atoms with Crippen molar-refractivity contribution in [1.29, 1.82) is 0 Å². The topological polar surface area (TPSA) is 52.3 Å². The van der Waals surface area contributed by atoms with Gasteiger partial charge in [-0.15, -0.1) is 0 Å². The van der Waals surface area contributed by atoms with Crippen LogP contribution in [-0.2, 0) is 10.2 Å². The zero-order valence-corrected chi connectivity index (χ0v) is 14.4. The standard InChI is InChI=1S/C16H18BrNO3/c1-9-6-7-11(17)10(8-9)14-18-13(16(2,3)4)12(21-14)15(19)20-5/h6-8H,1-5H3. The van der Waals surface area contributed by atoms with Gasteiger partial charge >= 0.3 is 5.97 Å². The van der Waals surface area contributed by atoms with Crippen molar-refractivity contribution in [3.63, 3.8) is 0 Å². The summed E-state index contributed by atoms with van der Waals surface area (Å²) in [5.74, 6) is 0.0618. The highest BCUT2D eigenvalue weighted by Gasteiger charge is 2.30. The van der Waals surface area contributed by atoms with Gasteiger partial charge in [-0.25, -0.2) is 9.78 Å². The smallest absolute Gasteiger partial charge is 0.376 e. The molecule has 0 amide bonds. The molecule has 2 rings (SSSR count). The van der Waals surface area contributed by atoms with Gasteiger partial charge in [-0.3, -0.25) is 0 Å². The van der Waals surface area contributed by atoms with Gasteiger partial charge in [0.1, 0.15) is 5.69 Å². The second kappa shape index (κ2) is 5.64. The number of carbonyl (C=O) groups excluding carboxylic acids is 1. The van der Waals surface area contributed by atoms with Crippen molar-refractivity contribution in [2.45, 2.75) is 33.1 Å². The van der Waals surface area contributed by atoms with Gasteiger partial charge in [-0.2, -0.15) is 0 Å². The fourth-order valence-corrected chi connectivity index (χ4v) is 2.39. The van der Waals surface area contributed by atoms with E-state index in [1.54, 1.807) is 0 Å². The van der Waals surface area contributed by atoms with Crippen molar-refractivity contribution < 1.29 is 13.9 Å². The van der Waals surface area contributed by atoms with E-state index in [0.29, 0.717) is 11.6 Å². The Hall–Kier alpha value is -1.62. The quantitative estimate of drug-likeness (QED) is 0.747. The first kappa shape index (κ1) is 15.8. The van der Waals surface area contributed by atoms with Gasteiger partial charge in [-0.1, -0.05) is 32.4 Å². The third kappa shape index (κ3) is 3.18. The lowest BCUT2D eigenvalue weighted by Crippen LogP contribution is -2.17. The molecule has 2 aromatic rings. The molecule has 0 spiro atoms. The van der Waals surface area contributed by atoms with Crippen LogP contribution in [0.25, 0.3) is 11.5 Å². The Morgan fingerprint density at radius 3 is 2.57 bits per heavy atom. The van der Waals surface area contributed by atoms with Crippen molar-refractivity contribution in [2.75, 3.05) is 7.11 Å². The van der Waals surface area contributed by atoms with Crippen molar-refractivity contribution in [1.82, 2.24) is 4.98 Å². The van der Waals surface area contributed by atoms with E-state index in [1.807, 2.05) is 45.9 Å². The summed E-state index contributed by atoms with van der Waals surface area (Å²) in [4.78, 5) is 16.4. The van der Waals surface area contributed by atoms with Crippen LogP contribution in [0.2, 0.25) is 0 Å². The first-order valence-electron chi connectivity index (χ1n) is 6.60. The zero-order chi connectivity index (χ0) is 15.8. The molecule has 112 valence electrons. The van der Waals surface area contributed by atoms with Crippen LogP contribution in [-0.4, -0.2) is 18.1 Å². The number of aryl methyl sites for hydroxylation is 1. The Morgan fingerprint density at radius 2 is 2.00 bits per heavy atom. The van der Waals surface area contributed by atoms with Crippen molar-refractivity contribution >= 4 is 21.9 Å². The Kier molecular flexibility index (Phi) is 4.23. The first-order valence-corrected chi connectivity index (χ1v) is 7.39. The van der Waals surface area contributed by atoms with E-state index in [4.69, 9.17) is 9.15 Å². The molecular formula is C16H18BrNO3. The SMILES string of the molecule is COC(=O)c1oc(-c2cc(C)ccc2Br)nc1C(C)(C)C. The Balaban J connectivity index is 2.64. The monoisotopic (exact) mass is 351 g/mol. The number of esters is 1. The highest BCUT2D eigenvalue weighted by Crippen LogP contribution is 2.34. The third-order valence-corrected chi connectivity index (χ3v) is 3.75. The molecule has 0 fully saturated rings. The minimum atomic E-state index is -0.512. The zero-order valence-electron chi connectivity index (χ0n) is 12.8. The fourth-order valence-electron chi connectivity index (χ4n) is 1.98. The summed E-state index contributed by atoms with van der Waals surface area (Å²) in [5.41, 5.74) is 2.18. The summed E-state index contributed by atoms with van der Waals surface area (Å²) in [6, 6.07) is 5.88. The Labute approximate surface area is 132 Å². The highest BCUT2D eigenvalue weighted by atomic mass is 79.9. The maximum absolute atomic E-state index is 11.9. The van der Waals surface area contributed by atoms with Crippen molar-refractivity contribution in [3.05, 3.63) is 39.7 Å². The summed E-state index contributed by atoms with van der Waals surface area (Å²) in [5, 5.41) is 0. The number of nitrogens with zero attached hydrogens (tertiary/aromatic N) is 1.